The fraction of sp³-hybridized carbons (Fsp3) is 0.545. The van der Waals surface area contributed by atoms with E-state index in [-0.39, 0.29) is 6.04 Å². The molecule has 7 heteroatoms. The second-order valence-electron chi connectivity index (χ2n) is 4.14. The third-order valence-corrected chi connectivity index (χ3v) is 2.67. The second-order valence-corrected chi connectivity index (χ2v) is 4.14. The molecule has 0 bridgehead atoms. The summed E-state index contributed by atoms with van der Waals surface area (Å²) < 4.78 is 7.28. The average molecular weight is 250 g/mol. The zero-order valence-electron chi connectivity index (χ0n) is 11.1. The molecule has 2 aromatic heterocycles. The first-order valence-electron chi connectivity index (χ1n) is 5.94. The van der Waals surface area contributed by atoms with Crippen molar-refractivity contribution in [3.05, 3.63) is 17.7 Å². The van der Waals surface area contributed by atoms with E-state index in [4.69, 9.17) is 4.42 Å². The van der Waals surface area contributed by atoms with Gasteiger partial charge in [0.15, 0.2) is 5.82 Å². The van der Waals surface area contributed by atoms with Gasteiger partial charge in [-0.25, -0.2) is 0 Å². The Labute approximate surface area is 106 Å². The van der Waals surface area contributed by atoms with Gasteiger partial charge >= 0.3 is 6.01 Å². The first-order valence-corrected chi connectivity index (χ1v) is 5.94. The van der Waals surface area contributed by atoms with Crippen LogP contribution in [0.25, 0.3) is 0 Å². The normalized spacial score (nSPS) is 12.7. The topological polar surface area (TPSA) is 80.8 Å². The Hall–Kier alpha value is -1.89. The maximum absolute atomic E-state index is 5.51. The molecule has 0 saturated carbocycles. The van der Waals surface area contributed by atoms with Gasteiger partial charge in [-0.1, -0.05) is 12.0 Å². The molecule has 98 valence electrons. The van der Waals surface area contributed by atoms with Gasteiger partial charge in [0, 0.05) is 18.8 Å². The van der Waals surface area contributed by atoms with Gasteiger partial charge in [0.25, 0.3) is 0 Å². The minimum atomic E-state index is 0.0449. The molecule has 0 amide bonds. The van der Waals surface area contributed by atoms with E-state index in [0.29, 0.717) is 17.7 Å². The van der Waals surface area contributed by atoms with Crippen LogP contribution in [0.15, 0.2) is 10.5 Å². The Balaban J connectivity index is 2.06. The first-order chi connectivity index (χ1) is 8.60. The van der Waals surface area contributed by atoms with Gasteiger partial charge < -0.3 is 9.73 Å². The molecule has 2 rings (SSSR count). The van der Waals surface area contributed by atoms with Gasteiger partial charge in [0.05, 0.1) is 6.04 Å². The van der Waals surface area contributed by atoms with Crippen LogP contribution in [-0.2, 0) is 7.05 Å². The van der Waals surface area contributed by atoms with Crippen LogP contribution in [0.3, 0.4) is 0 Å². The summed E-state index contributed by atoms with van der Waals surface area (Å²) in [6.07, 6.45) is 0. The van der Waals surface area contributed by atoms with E-state index in [1.54, 1.807) is 4.68 Å². The molecule has 0 aliphatic rings. The van der Waals surface area contributed by atoms with Crippen molar-refractivity contribution in [1.82, 2.24) is 25.3 Å². The van der Waals surface area contributed by atoms with E-state index < -0.39 is 0 Å². The quantitative estimate of drug-likeness (QED) is 0.837. The molecular formula is C11H18N6O. The third kappa shape index (κ3) is 2.67. The summed E-state index contributed by atoms with van der Waals surface area (Å²) in [5.41, 5.74) is 1.05. The maximum Gasteiger partial charge on any atom is 0.321 e. The third-order valence-electron chi connectivity index (χ3n) is 2.67. The number of aryl methyl sites for hydroxylation is 2. The van der Waals surface area contributed by atoms with E-state index in [9.17, 15) is 0 Å². The minimum absolute atomic E-state index is 0.0449. The van der Waals surface area contributed by atoms with Crippen LogP contribution in [0.2, 0.25) is 0 Å². The minimum Gasteiger partial charge on any atom is -0.406 e. The molecule has 1 atom stereocenters. The maximum atomic E-state index is 5.51. The molecule has 0 aliphatic heterocycles. The lowest BCUT2D eigenvalue weighted by Crippen LogP contribution is -2.17. The number of nitrogens with zero attached hydrogens (tertiary/aromatic N) is 4. The molecule has 18 heavy (non-hydrogen) atoms. The summed E-state index contributed by atoms with van der Waals surface area (Å²) in [5.74, 6) is 1.26. The highest BCUT2D eigenvalue weighted by molar-refractivity contribution is 5.45. The Morgan fingerprint density at radius 1 is 1.44 bits per heavy atom. The smallest absolute Gasteiger partial charge is 0.321 e. The number of anilines is 2. The summed E-state index contributed by atoms with van der Waals surface area (Å²) in [7, 11) is 1.88. The lowest BCUT2D eigenvalue weighted by molar-refractivity contribution is 0.430. The molecular weight excluding hydrogens is 232 g/mol. The zero-order chi connectivity index (χ0) is 13.1. The van der Waals surface area contributed by atoms with Crippen molar-refractivity contribution in [1.29, 1.82) is 0 Å². The summed E-state index contributed by atoms with van der Waals surface area (Å²) in [4.78, 5) is 0. The molecule has 7 nitrogen and oxygen atoms in total. The SMILES string of the molecule is CCNC(C)c1nnc(Nc2cc(C)n(C)n2)o1. The molecule has 2 heterocycles. The van der Waals surface area contributed by atoms with Crippen LogP contribution in [0, 0.1) is 6.92 Å². The summed E-state index contributed by atoms with van der Waals surface area (Å²) in [6, 6.07) is 2.31. The largest absolute Gasteiger partial charge is 0.406 e. The van der Waals surface area contributed by atoms with Crippen LogP contribution in [0.1, 0.15) is 31.5 Å². The first kappa shape index (κ1) is 12.6. The molecule has 0 fully saturated rings. The van der Waals surface area contributed by atoms with Gasteiger partial charge in [0.1, 0.15) is 0 Å². The van der Waals surface area contributed by atoms with E-state index >= 15 is 0 Å². The van der Waals surface area contributed by atoms with Crippen molar-refractivity contribution < 1.29 is 4.42 Å². The summed E-state index contributed by atoms with van der Waals surface area (Å²) in [6.45, 7) is 6.84. The van der Waals surface area contributed by atoms with Gasteiger partial charge in [-0.05, 0) is 20.4 Å². The summed E-state index contributed by atoms with van der Waals surface area (Å²) in [5, 5.41) is 18.4. The fourth-order valence-corrected chi connectivity index (χ4v) is 1.58. The van der Waals surface area contributed by atoms with Crippen molar-refractivity contribution >= 4 is 11.8 Å². The number of aromatic nitrogens is 4. The number of rotatable bonds is 5. The standard InChI is InChI=1S/C11H18N6O/c1-5-12-8(3)10-14-15-11(18-10)13-9-6-7(2)17(4)16-9/h6,8,12H,5H2,1-4H3,(H,13,15,16). The van der Waals surface area contributed by atoms with Crippen LogP contribution >= 0.6 is 0 Å². The Kier molecular flexibility index (Phi) is 3.61. The van der Waals surface area contributed by atoms with E-state index in [1.807, 2.05) is 33.9 Å². The predicted octanol–water partition coefficient (Wildman–Crippen LogP) is 1.53. The van der Waals surface area contributed by atoms with E-state index in [2.05, 4.69) is 25.9 Å². The second kappa shape index (κ2) is 5.18. The number of hydrogen-bond donors (Lipinski definition) is 2. The molecule has 0 aliphatic carbocycles. The Bertz CT molecular complexity index is 498. The van der Waals surface area contributed by atoms with Crippen molar-refractivity contribution in [3.63, 3.8) is 0 Å². The van der Waals surface area contributed by atoms with Crippen molar-refractivity contribution in [2.45, 2.75) is 26.8 Å². The lowest BCUT2D eigenvalue weighted by atomic mass is 10.3. The van der Waals surface area contributed by atoms with Crippen LogP contribution < -0.4 is 10.6 Å². The zero-order valence-corrected chi connectivity index (χ0v) is 11.1. The molecule has 0 aromatic carbocycles. The van der Waals surface area contributed by atoms with Gasteiger partial charge in [-0.2, -0.15) is 5.10 Å². The monoisotopic (exact) mass is 250 g/mol. The molecule has 0 radical (unpaired) electrons. The number of hydrogen-bond acceptors (Lipinski definition) is 6. The van der Waals surface area contributed by atoms with Gasteiger partial charge in [-0.3, -0.25) is 10.00 Å². The molecule has 2 aromatic rings. The predicted molar refractivity (Wildman–Crippen MR) is 67.6 cm³/mol. The highest BCUT2D eigenvalue weighted by Crippen LogP contribution is 2.17. The van der Waals surface area contributed by atoms with Gasteiger partial charge in [-0.15, -0.1) is 5.10 Å². The molecule has 0 saturated heterocycles. The fourth-order valence-electron chi connectivity index (χ4n) is 1.58. The van der Waals surface area contributed by atoms with Crippen LogP contribution in [0.5, 0.6) is 0 Å². The van der Waals surface area contributed by atoms with Crippen LogP contribution in [0.4, 0.5) is 11.8 Å². The Morgan fingerprint density at radius 2 is 2.22 bits per heavy atom. The molecule has 1 unspecified atom stereocenters. The van der Waals surface area contributed by atoms with Crippen LogP contribution in [-0.4, -0.2) is 26.5 Å². The highest BCUT2D eigenvalue weighted by atomic mass is 16.4. The lowest BCUT2D eigenvalue weighted by Gasteiger charge is -2.05. The molecule has 2 N–H and O–H groups in total. The van der Waals surface area contributed by atoms with E-state index in [0.717, 1.165) is 12.2 Å². The Morgan fingerprint density at radius 3 is 2.83 bits per heavy atom. The average Bonchev–Trinajstić information content (AvgIpc) is 2.88. The highest BCUT2D eigenvalue weighted by Gasteiger charge is 2.13. The van der Waals surface area contributed by atoms with Crippen molar-refractivity contribution in [3.8, 4) is 0 Å². The molecule has 0 spiro atoms. The van der Waals surface area contributed by atoms with Gasteiger partial charge in [0.2, 0.25) is 5.89 Å². The van der Waals surface area contributed by atoms with Crippen molar-refractivity contribution in [2.24, 2.45) is 7.05 Å². The van der Waals surface area contributed by atoms with E-state index in [1.165, 1.54) is 0 Å². The number of nitrogens with one attached hydrogen (secondary N) is 2. The summed E-state index contributed by atoms with van der Waals surface area (Å²) >= 11 is 0. The van der Waals surface area contributed by atoms with Crippen molar-refractivity contribution in [2.75, 3.05) is 11.9 Å².